The van der Waals surface area contributed by atoms with Crippen LogP contribution in [0.25, 0.3) is 0 Å². The summed E-state index contributed by atoms with van der Waals surface area (Å²) in [6.45, 7) is 5.27. The standard InChI is InChI=1S/C12H21NO2S2/c1-11(2)10-17(14,15)9-7-13-6-5-12-4-3-8-16-12/h3-4,8,11,13H,5-7,9-10H2,1-2H3. The first-order chi connectivity index (χ1) is 7.99. The van der Waals surface area contributed by atoms with Gasteiger partial charge >= 0.3 is 0 Å². The van der Waals surface area contributed by atoms with E-state index in [-0.39, 0.29) is 11.7 Å². The lowest BCUT2D eigenvalue weighted by molar-refractivity contribution is 0.578. The van der Waals surface area contributed by atoms with E-state index in [1.165, 1.54) is 4.88 Å². The number of sulfone groups is 1. The summed E-state index contributed by atoms with van der Waals surface area (Å²) in [6, 6.07) is 4.13. The van der Waals surface area contributed by atoms with Gasteiger partial charge in [0, 0.05) is 11.4 Å². The Bertz CT molecular complexity index is 396. The predicted molar refractivity (Wildman–Crippen MR) is 74.4 cm³/mol. The number of hydrogen-bond acceptors (Lipinski definition) is 4. The normalized spacial score (nSPS) is 12.2. The van der Waals surface area contributed by atoms with E-state index in [0.29, 0.717) is 12.3 Å². The van der Waals surface area contributed by atoms with Gasteiger partial charge in [-0.25, -0.2) is 8.42 Å². The van der Waals surface area contributed by atoms with Crippen LogP contribution in [0.15, 0.2) is 17.5 Å². The summed E-state index contributed by atoms with van der Waals surface area (Å²) in [5, 5.41) is 5.24. The van der Waals surface area contributed by atoms with E-state index in [0.717, 1.165) is 13.0 Å². The van der Waals surface area contributed by atoms with Crippen molar-refractivity contribution in [1.29, 1.82) is 0 Å². The van der Waals surface area contributed by atoms with Crippen molar-refractivity contribution in [2.45, 2.75) is 20.3 Å². The lowest BCUT2D eigenvalue weighted by atomic mass is 10.3. The van der Waals surface area contributed by atoms with Gasteiger partial charge < -0.3 is 5.32 Å². The Morgan fingerprint density at radius 1 is 1.35 bits per heavy atom. The lowest BCUT2D eigenvalue weighted by Crippen LogP contribution is -2.27. The van der Waals surface area contributed by atoms with Gasteiger partial charge in [-0.15, -0.1) is 11.3 Å². The molecule has 98 valence electrons. The van der Waals surface area contributed by atoms with Gasteiger partial charge in [0.2, 0.25) is 0 Å². The molecule has 0 radical (unpaired) electrons. The van der Waals surface area contributed by atoms with E-state index in [4.69, 9.17) is 0 Å². The molecule has 0 saturated carbocycles. The van der Waals surface area contributed by atoms with Crippen LogP contribution >= 0.6 is 11.3 Å². The van der Waals surface area contributed by atoms with E-state index >= 15 is 0 Å². The van der Waals surface area contributed by atoms with Crippen LogP contribution < -0.4 is 5.32 Å². The molecule has 0 bridgehead atoms. The Labute approximate surface area is 108 Å². The monoisotopic (exact) mass is 275 g/mol. The highest BCUT2D eigenvalue weighted by atomic mass is 32.2. The molecular formula is C12H21NO2S2. The molecule has 0 aliphatic heterocycles. The van der Waals surface area contributed by atoms with Crippen molar-refractivity contribution in [3.8, 4) is 0 Å². The molecule has 17 heavy (non-hydrogen) atoms. The van der Waals surface area contributed by atoms with Crippen LogP contribution in [0.4, 0.5) is 0 Å². The summed E-state index contributed by atoms with van der Waals surface area (Å²) in [4.78, 5) is 1.34. The van der Waals surface area contributed by atoms with Crippen LogP contribution in [-0.2, 0) is 16.3 Å². The maximum atomic E-state index is 11.6. The number of thiophene rings is 1. The van der Waals surface area contributed by atoms with E-state index in [9.17, 15) is 8.42 Å². The molecule has 1 heterocycles. The summed E-state index contributed by atoms with van der Waals surface area (Å²) in [5.74, 6) is 0.751. The molecule has 0 spiro atoms. The maximum Gasteiger partial charge on any atom is 0.151 e. The van der Waals surface area contributed by atoms with Gasteiger partial charge in [-0.05, 0) is 30.3 Å². The number of rotatable bonds is 8. The van der Waals surface area contributed by atoms with Gasteiger partial charge in [0.05, 0.1) is 11.5 Å². The zero-order valence-electron chi connectivity index (χ0n) is 10.5. The molecule has 0 aliphatic carbocycles. The van der Waals surface area contributed by atoms with Gasteiger partial charge in [0.25, 0.3) is 0 Å². The molecule has 1 rings (SSSR count). The van der Waals surface area contributed by atoms with Gasteiger partial charge in [-0.2, -0.15) is 0 Å². The van der Waals surface area contributed by atoms with Crippen LogP contribution in [0.5, 0.6) is 0 Å². The molecule has 0 saturated heterocycles. The molecular weight excluding hydrogens is 254 g/mol. The molecule has 0 unspecified atom stereocenters. The third-order valence-corrected chi connectivity index (χ3v) is 5.24. The topological polar surface area (TPSA) is 46.2 Å². The van der Waals surface area contributed by atoms with Crippen LogP contribution in [0.2, 0.25) is 0 Å². The van der Waals surface area contributed by atoms with Crippen molar-refractivity contribution < 1.29 is 8.42 Å². The summed E-state index contributed by atoms with van der Waals surface area (Å²) in [5.41, 5.74) is 0. The molecule has 0 aromatic carbocycles. The first-order valence-electron chi connectivity index (χ1n) is 5.93. The Hall–Kier alpha value is -0.390. The van der Waals surface area contributed by atoms with Crippen LogP contribution in [0.3, 0.4) is 0 Å². The van der Waals surface area contributed by atoms with Crippen LogP contribution in [0, 0.1) is 5.92 Å². The molecule has 0 fully saturated rings. The average Bonchev–Trinajstić information content (AvgIpc) is 2.67. The molecule has 3 nitrogen and oxygen atoms in total. The van der Waals surface area contributed by atoms with Gasteiger partial charge in [-0.3, -0.25) is 0 Å². The maximum absolute atomic E-state index is 11.6. The second-order valence-corrected chi connectivity index (χ2v) is 7.85. The summed E-state index contributed by atoms with van der Waals surface area (Å²) in [7, 11) is -2.87. The minimum Gasteiger partial charge on any atom is -0.315 e. The minimum absolute atomic E-state index is 0.214. The van der Waals surface area contributed by atoms with Crippen molar-refractivity contribution in [1.82, 2.24) is 5.32 Å². The minimum atomic E-state index is -2.87. The molecule has 0 aliphatic rings. The molecule has 1 aromatic heterocycles. The second kappa shape index (κ2) is 7.13. The van der Waals surface area contributed by atoms with Crippen molar-refractivity contribution in [3.63, 3.8) is 0 Å². The molecule has 1 aromatic rings. The quantitative estimate of drug-likeness (QED) is 0.738. The van der Waals surface area contributed by atoms with Crippen molar-refractivity contribution >= 4 is 21.2 Å². The van der Waals surface area contributed by atoms with E-state index in [1.807, 2.05) is 19.9 Å². The second-order valence-electron chi connectivity index (χ2n) is 4.59. The fraction of sp³-hybridized carbons (Fsp3) is 0.667. The third kappa shape index (κ3) is 6.81. The van der Waals surface area contributed by atoms with E-state index in [2.05, 4.69) is 16.8 Å². The summed E-state index contributed by atoms with van der Waals surface area (Å²) in [6.07, 6.45) is 0.974. The first-order valence-corrected chi connectivity index (χ1v) is 8.63. The highest BCUT2D eigenvalue weighted by Crippen LogP contribution is 2.08. The molecule has 0 atom stereocenters. The first kappa shape index (κ1) is 14.7. The van der Waals surface area contributed by atoms with E-state index < -0.39 is 9.84 Å². The lowest BCUT2D eigenvalue weighted by Gasteiger charge is -2.07. The number of hydrogen-bond donors (Lipinski definition) is 1. The van der Waals surface area contributed by atoms with E-state index in [1.54, 1.807) is 11.3 Å². The summed E-state index contributed by atoms with van der Waals surface area (Å²) >= 11 is 1.74. The Morgan fingerprint density at radius 2 is 2.12 bits per heavy atom. The zero-order chi connectivity index (χ0) is 12.7. The molecule has 5 heteroatoms. The number of nitrogens with one attached hydrogen (secondary N) is 1. The Kier molecular flexibility index (Phi) is 6.16. The molecule has 0 amide bonds. The van der Waals surface area contributed by atoms with Crippen molar-refractivity contribution in [2.75, 3.05) is 24.6 Å². The molecule has 1 N–H and O–H groups in total. The van der Waals surface area contributed by atoms with Crippen molar-refractivity contribution in [2.24, 2.45) is 5.92 Å². The highest BCUT2D eigenvalue weighted by Gasteiger charge is 2.12. The zero-order valence-corrected chi connectivity index (χ0v) is 12.1. The highest BCUT2D eigenvalue weighted by molar-refractivity contribution is 7.91. The smallest absolute Gasteiger partial charge is 0.151 e. The van der Waals surface area contributed by atoms with Gasteiger partial charge in [0.15, 0.2) is 9.84 Å². The predicted octanol–water partition coefficient (Wildman–Crippen LogP) is 1.95. The SMILES string of the molecule is CC(C)CS(=O)(=O)CCNCCc1cccs1. The third-order valence-electron chi connectivity index (χ3n) is 2.31. The largest absolute Gasteiger partial charge is 0.315 e. The van der Waals surface area contributed by atoms with Gasteiger partial charge in [0.1, 0.15) is 0 Å². The van der Waals surface area contributed by atoms with Crippen molar-refractivity contribution in [3.05, 3.63) is 22.4 Å². The Balaban J connectivity index is 2.12. The van der Waals surface area contributed by atoms with Gasteiger partial charge in [-0.1, -0.05) is 19.9 Å². The van der Waals surface area contributed by atoms with Crippen LogP contribution in [0.1, 0.15) is 18.7 Å². The Morgan fingerprint density at radius 3 is 2.71 bits per heavy atom. The average molecular weight is 275 g/mol. The fourth-order valence-electron chi connectivity index (χ4n) is 1.61. The fourth-order valence-corrected chi connectivity index (χ4v) is 3.96. The summed E-state index contributed by atoms with van der Waals surface area (Å²) < 4.78 is 23.2. The van der Waals surface area contributed by atoms with Crippen LogP contribution in [-0.4, -0.2) is 33.0 Å².